The van der Waals surface area contributed by atoms with Crippen LogP contribution in [-0.2, 0) is 6.42 Å². The third kappa shape index (κ3) is 2.81. The van der Waals surface area contributed by atoms with Crippen molar-refractivity contribution in [2.75, 3.05) is 0 Å². The summed E-state index contributed by atoms with van der Waals surface area (Å²) < 4.78 is 25.2. The topological polar surface area (TPSA) is 0 Å². The molecule has 3 heteroatoms. The van der Waals surface area contributed by atoms with E-state index in [1.54, 1.807) is 12.1 Å². The maximum atomic E-state index is 12.9. The summed E-state index contributed by atoms with van der Waals surface area (Å²) in [5, 5.41) is -1.30. The Labute approximate surface area is 87.2 Å². The van der Waals surface area contributed by atoms with Crippen LogP contribution in [0.5, 0.6) is 0 Å². The maximum Gasteiger partial charge on any atom is 0.225 e. The lowest BCUT2D eigenvalue weighted by Gasteiger charge is -2.00. The average Bonchev–Trinajstić information content (AvgIpc) is 2.18. The summed E-state index contributed by atoms with van der Waals surface area (Å²) in [5.41, 5.74) is 1.29. The second-order valence-corrected chi connectivity index (χ2v) is 3.35. The van der Waals surface area contributed by atoms with Gasteiger partial charge in [-0.15, -0.1) is 0 Å². The van der Waals surface area contributed by atoms with Crippen LogP contribution in [0.4, 0.5) is 8.78 Å². The van der Waals surface area contributed by atoms with Crippen molar-refractivity contribution in [3.8, 4) is 0 Å². The van der Waals surface area contributed by atoms with Crippen LogP contribution in [0.2, 0.25) is 0 Å². The fourth-order valence-corrected chi connectivity index (χ4v) is 1.32. The Morgan fingerprint density at radius 3 is 2.21 bits per heavy atom. The van der Waals surface area contributed by atoms with E-state index in [4.69, 9.17) is 11.6 Å². The molecule has 0 saturated carbocycles. The van der Waals surface area contributed by atoms with Crippen LogP contribution < -0.4 is 0 Å². The van der Waals surface area contributed by atoms with Gasteiger partial charge >= 0.3 is 0 Å². The van der Waals surface area contributed by atoms with Crippen LogP contribution in [0.25, 0.3) is 5.83 Å². The number of hydrogen-bond donors (Lipinski definition) is 0. The van der Waals surface area contributed by atoms with Gasteiger partial charge < -0.3 is 0 Å². The van der Waals surface area contributed by atoms with E-state index in [1.807, 2.05) is 0 Å². The molecule has 0 bridgehead atoms. The first-order valence-corrected chi connectivity index (χ1v) is 4.83. The van der Waals surface area contributed by atoms with Gasteiger partial charge in [0.1, 0.15) is 0 Å². The Morgan fingerprint density at radius 2 is 1.79 bits per heavy atom. The zero-order valence-electron chi connectivity index (χ0n) is 7.86. The molecule has 0 amide bonds. The molecule has 0 radical (unpaired) electrons. The smallest absolute Gasteiger partial charge is 0.202 e. The molecule has 0 aromatic heterocycles. The Kier molecular flexibility index (Phi) is 4.08. The van der Waals surface area contributed by atoms with Gasteiger partial charge in [-0.3, -0.25) is 0 Å². The lowest BCUT2D eigenvalue weighted by Crippen LogP contribution is -1.84. The lowest BCUT2D eigenvalue weighted by molar-refractivity contribution is 0.651. The van der Waals surface area contributed by atoms with Crippen LogP contribution >= 0.6 is 11.6 Å². The molecule has 0 fully saturated rings. The fraction of sp³-hybridized carbons (Fsp3) is 0.273. The van der Waals surface area contributed by atoms with E-state index in [2.05, 4.69) is 6.92 Å². The van der Waals surface area contributed by atoms with Crippen molar-refractivity contribution in [1.82, 2.24) is 0 Å². The molecule has 76 valence electrons. The maximum absolute atomic E-state index is 12.9. The Morgan fingerprint density at radius 1 is 1.21 bits per heavy atom. The van der Waals surface area contributed by atoms with E-state index in [-0.39, 0.29) is 5.56 Å². The van der Waals surface area contributed by atoms with Gasteiger partial charge in [0.2, 0.25) is 5.29 Å². The molecule has 0 saturated heterocycles. The van der Waals surface area contributed by atoms with Crippen molar-refractivity contribution in [3.63, 3.8) is 0 Å². The highest BCUT2D eigenvalue weighted by molar-refractivity contribution is 6.30. The van der Waals surface area contributed by atoms with Crippen LogP contribution in [0.1, 0.15) is 24.5 Å². The standard InChI is InChI=1S/C11H11ClF2/c1-2-3-8-4-6-9(7-5-8)10(13)11(12)14/h4-7H,2-3H2,1H3/b11-10+. The molecule has 14 heavy (non-hydrogen) atoms. The van der Waals surface area contributed by atoms with Crippen molar-refractivity contribution in [2.24, 2.45) is 0 Å². The molecular formula is C11H11ClF2. The predicted molar refractivity (Wildman–Crippen MR) is 55.4 cm³/mol. The van der Waals surface area contributed by atoms with Crippen molar-refractivity contribution in [1.29, 1.82) is 0 Å². The van der Waals surface area contributed by atoms with Gasteiger partial charge in [0, 0.05) is 5.56 Å². The molecule has 0 nitrogen and oxygen atoms in total. The van der Waals surface area contributed by atoms with Gasteiger partial charge in [0.05, 0.1) is 0 Å². The Bertz CT molecular complexity index is 324. The zero-order chi connectivity index (χ0) is 10.6. The van der Waals surface area contributed by atoms with Gasteiger partial charge in [0.25, 0.3) is 0 Å². The second kappa shape index (κ2) is 5.11. The first-order chi connectivity index (χ1) is 6.65. The monoisotopic (exact) mass is 216 g/mol. The van der Waals surface area contributed by atoms with E-state index in [9.17, 15) is 8.78 Å². The van der Waals surface area contributed by atoms with E-state index < -0.39 is 11.1 Å². The number of halogens is 3. The fourth-order valence-electron chi connectivity index (χ4n) is 1.22. The van der Waals surface area contributed by atoms with E-state index in [0.717, 1.165) is 18.4 Å². The van der Waals surface area contributed by atoms with Crippen LogP contribution in [0, 0.1) is 0 Å². The summed E-state index contributed by atoms with van der Waals surface area (Å²) in [7, 11) is 0. The number of rotatable bonds is 3. The van der Waals surface area contributed by atoms with E-state index in [0.29, 0.717) is 0 Å². The molecule has 0 N–H and O–H groups in total. The largest absolute Gasteiger partial charge is 0.225 e. The first-order valence-electron chi connectivity index (χ1n) is 4.45. The summed E-state index contributed by atoms with van der Waals surface area (Å²) in [5.74, 6) is -1.00. The minimum atomic E-state index is -1.30. The molecule has 0 atom stereocenters. The summed E-state index contributed by atoms with van der Waals surface area (Å²) >= 11 is 4.90. The molecule has 1 rings (SSSR count). The van der Waals surface area contributed by atoms with Gasteiger partial charge in [-0.25, -0.2) is 4.39 Å². The second-order valence-electron chi connectivity index (χ2n) is 3.02. The molecule has 0 heterocycles. The van der Waals surface area contributed by atoms with E-state index >= 15 is 0 Å². The highest BCUT2D eigenvalue weighted by Gasteiger charge is 2.05. The quantitative estimate of drug-likeness (QED) is 0.701. The minimum Gasteiger partial charge on any atom is -0.202 e. The SMILES string of the molecule is CCCc1ccc(/C(F)=C(\F)Cl)cc1. The molecule has 1 aromatic carbocycles. The third-order valence-corrected chi connectivity index (χ3v) is 2.08. The van der Waals surface area contributed by atoms with Crippen molar-refractivity contribution in [2.45, 2.75) is 19.8 Å². The minimum absolute atomic E-state index is 0.178. The predicted octanol–water partition coefficient (Wildman–Crippen LogP) is 4.44. The van der Waals surface area contributed by atoms with Gasteiger partial charge in [-0.05, 0) is 23.6 Å². The first kappa shape index (κ1) is 11.2. The lowest BCUT2D eigenvalue weighted by atomic mass is 10.1. The summed E-state index contributed by atoms with van der Waals surface area (Å²) in [6, 6.07) is 6.61. The van der Waals surface area contributed by atoms with E-state index in [1.165, 1.54) is 12.1 Å². The molecule has 1 aromatic rings. The number of aryl methyl sites for hydroxylation is 1. The Balaban J connectivity index is 2.89. The third-order valence-electron chi connectivity index (χ3n) is 1.91. The number of benzene rings is 1. The normalized spacial score (nSPS) is 12.6. The van der Waals surface area contributed by atoms with Crippen molar-refractivity contribution >= 4 is 17.4 Å². The molecule has 0 unspecified atom stereocenters. The van der Waals surface area contributed by atoms with Crippen LogP contribution in [0.15, 0.2) is 29.6 Å². The zero-order valence-corrected chi connectivity index (χ0v) is 8.61. The molecule has 0 spiro atoms. The summed E-state index contributed by atoms with van der Waals surface area (Å²) in [4.78, 5) is 0. The average molecular weight is 217 g/mol. The van der Waals surface area contributed by atoms with Gasteiger partial charge in [-0.1, -0.05) is 37.6 Å². The Hall–Kier alpha value is -0.890. The van der Waals surface area contributed by atoms with Crippen molar-refractivity contribution in [3.05, 3.63) is 40.7 Å². The molecule has 0 aliphatic rings. The van der Waals surface area contributed by atoms with Gasteiger partial charge in [0.15, 0.2) is 5.83 Å². The van der Waals surface area contributed by atoms with Crippen LogP contribution in [0.3, 0.4) is 0 Å². The highest BCUT2D eigenvalue weighted by Crippen LogP contribution is 2.23. The molecular weight excluding hydrogens is 206 g/mol. The molecule has 0 aliphatic heterocycles. The highest BCUT2D eigenvalue weighted by atomic mass is 35.5. The van der Waals surface area contributed by atoms with Crippen LogP contribution in [-0.4, -0.2) is 0 Å². The summed E-state index contributed by atoms with van der Waals surface area (Å²) in [6.07, 6.45) is 1.97. The van der Waals surface area contributed by atoms with Crippen molar-refractivity contribution < 1.29 is 8.78 Å². The van der Waals surface area contributed by atoms with Gasteiger partial charge in [-0.2, -0.15) is 4.39 Å². The number of hydrogen-bond acceptors (Lipinski definition) is 0. The molecule has 0 aliphatic carbocycles. The summed E-state index contributed by atoms with van der Waals surface area (Å²) in [6.45, 7) is 2.06.